The van der Waals surface area contributed by atoms with Crippen molar-refractivity contribution >= 4 is 0 Å². The Morgan fingerprint density at radius 2 is 2.12 bits per heavy atom. The van der Waals surface area contributed by atoms with E-state index < -0.39 is 0 Å². The quantitative estimate of drug-likeness (QED) is 0.509. The zero-order chi connectivity index (χ0) is 5.11. The first kappa shape index (κ1) is 8.67. The number of aliphatic hydroxyl groups is 1. The van der Waals surface area contributed by atoms with E-state index in [1.54, 1.807) is 0 Å². The third-order valence-electron chi connectivity index (χ3n) is 1.39. The van der Waals surface area contributed by atoms with Gasteiger partial charge in [0.2, 0.25) is 0 Å². The molecular formula is C6H11OTi. The molecule has 0 bridgehead atoms. The summed E-state index contributed by atoms with van der Waals surface area (Å²) in [5, 5.41) is 8.85. The molecule has 1 nitrogen and oxygen atoms in total. The second-order valence-electron chi connectivity index (χ2n) is 2.09. The van der Waals surface area contributed by atoms with Crippen LogP contribution in [0.3, 0.4) is 0 Å². The van der Waals surface area contributed by atoms with Gasteiger partial charge in [-0.05, 0) is 19.3 Å². The zero-order valence-corrected chi connectivity index (χ0v) is 6.49. The van der Waals surface area contributed by atoms with Crippen molar-refractivity contribution in [2.75, 3.05) is 0 Å². The zero-order valence-electron chi connectivity index (χ0n) is 4.93. The molecule has 1 fully saturated rings. The Bertz CT molecular complexity index is 50.5. The van der Waals surface area contributed by atoms with Gasteiger partial charge in [-0.25, -0.2) is 0 Å². The molecule has 0 heterocycles. The molecule has 1 radical (unpaired) electrons. The molecule has 0 aromatic heterocycles. The third-order valence-corrected chi connectivity index (χ3v) is 1.39. The second-order valence-corrected chi connectivity index (χ2v) is 2.09. The van der Waals surface area contributed by atoms with E-state index in [1.165, 1.54) is 12.8 Å². The molecule has 1 unspecified atom stereocenters. The van der Waals surface area contributed by atoms with E-state index in [2.05, 4.69) is 0 Å². The Labute approximate surface area is 65.4 Å². The Morgan fingerprint density at radius 1 is 1.38 bits per heavy atom. The number of aliphatic hydroxyl groups excluding tert-OH is 1. The molecular weight excluding hydrogens is 136 g/mol. The molecule has 0 aliphatic heterocycles. The average Bonchev–Trinajstić information content (AvgIpc) is 1.69. The van der Waals surface area contributed by atoms with Crippen molar-refractivity contribution in [3.63, 3.8) is 0 Å². The van der Waals surface area contributed by atoms with E-state index in [1.807, 2.05) is 6.42 Å². The molecule has 0 amide bonds. The van der Waals surface area contributed by atoms with Gasteiger partial charge in [0.1, 0.15) is 0 Å². The maximum atomic E-state index is 8.85. The summed E-state index contributed by atoms with van der Waals surface area (Å²) in [4.78, 5) is 0. The second kappa shape index (κ2) is 4.54. The molecule has 1 rings (SSSR count). The van der Waals surface area contributed by atoms with Crippen LogP contribution in [-0.2, 0) is 21.7 Å². The van der Waals surface area contributed by atoms with Crippen LogP contribution < -0.4 is 0 Å². The van der Waals surface area contributed by atoms with E-state index >= 15 is 0 Å². The van der Waals surface area contributed by atoms with E-state index in [4.69, 9.17) is 5.11 Å². The largest absolute Gasteiger partial charge is 0.393 e. The Hall–Kier alpha value is 0.674. The van der Waals surface area contributed by atoms with E-state index in [0.29, 0.717) is 0 Å². The monoisotopic (exact) mass is 147 g/mol. The van der Waals surface area contributed by atoms with Crippen LogP contribution >= 0.6 is 0 Å². The summed E-state index contributed by atoms with van der Waals surface area (Å²) in [6, 6.07) is 0. The third kappa shape index (κ3) is 2.86. The van der Waals surface area contributed by atoms with Gasteiger partial charge in [-0.2, -0.15) is 0 Å². The first-order valence-electron chi connectivity index (χ1n) is 2.91. The molecule has 1 aliphatic rings. The van der Waals surface area contributed by atoms with Crippen LogP contribution in [0.5, 0.6) is 0 Å². The van der Waals surface area contributed by atoms with Crippen LogP contribution in [-0.4, -0.2) is 11.2 Å². The van der Waals surface area contributed by atoms with Gasteiger partial charge in [0.15, 0.2) is 0 Å². The smallest absolute Gasteiger partial charge is 0.0572 e. The van der Waals surface area contributed by atoms with Gasteiger partial charge in [0.05, 0.1) is 6.10 Å². The molecule has 0 aromatic rings. The van der Waals surface area contributed by atoms with E-state index in [-0.39, 0.29) is 27.8 Å². The molecule has 45 valence electrons. The molecule has 1 aliphatic carbocycles. The standard InChI is InChI=1S/C6H11O.Ti/c7-6-4-2-1-3-5-6;/h4,6-7H,1-3,5H2;. The molecule has 2 heteroatoms. The van der Waals surface area contributed by atoms with Crippen LogP contribution in [0.1, 0.15) is 25.7 Å². The minimum atomic E-state index is -0.0891. The van der Waals surface area contributed by atoms with E-state index in [0.717, 1.165) is 12.8 Å². The van der Waals surface area contributed by atoms with Crippen LogP contribution in [0.25, 0.3) is 0 Å². The maximum Gasteiger partial charge on any atom is 0.0572 e. The molecule has 0 aromatic carbocycles. The summed E-state index contributed by atoms with van der Waals surface area (Å²) >= 11 is 0. The minimum absolute atomic E-state index is 0. The van der Waals surface area contributed by atoms with Crippen molar-refractivity contribution in [2.45, 2.75) is 31.8 Å². The van der Waals surface area contributed by atoms with Crippen LogP contribution in [0, 0.1) is 6.42 Å². The number of rotatable bonds is 0. The van der Waals surface area contributed by atoms with Gasteiger partial charge in [-0.15, -0.1) is 0 Å². The van der Waals surface area contributed by atoms with Crippen molar-refractivity contribution < 1.29 is 26.8 Å². The first-order chi connectivity index (χ1) is 3.39. The molecule has 0 spiro atoms. The van der Waals surface area contributed by atoms with Crippen molar-refractivity contribution in [3.05, 3.63) is 6.42 Å². The Kier molecular flexibility index (Phi) is 4.93. The fourth-order valence-corrected chi connectivity index (χ4v) is 0.926. The van der Waals surface area contributed by atoms with Crippen molar-refractivity contribution in [2.24, 2.45) is 0 Å². The number of hydrogen-bond donors (Lipinski definition) is 1. The fourth-order valence-electron chi connectivity index (χ4n) is 0.926. The van der Waals surface area contributed by atoms with Gasteiger partial charge < -0.3 is 5.11 Å². The van der Waals surface area contributed by atoms with Gasteiger partial charge in [0, 0.05) is 21.7 Å². The van der Waals surface area contributed by atoms with Crippen molar-refractivity contribution in [1.82, 2.24) is 0 Å². The normalized spacial score (nSPS) is 22.1. The predicted molar refractivity (Wildman–Crippen MR) is 28.8 cm³/mol. The molecule has 0 saturated heterocycles. The van der Waals surface area contributed by atoms with Crippen LogP contribution in [0.15, 0.2) is 0 Å². The topological polar surface area (TPSA) is 20.2 Å². The summed E-state index contributed by atoms with van der Waals surface area (Å²) in [6.45, 7) is 0. The first-order valence-corrected chi connectivity index (χ1v) is 2.91. The fraction of sp³-hybridized carbons (Fsp3) is 0.833. The van der Waals surface area contributed by atoms with E-state index in [9.17, 15) is 0 Å². The summed E-state index contributed by atoms with van der Waals surface area (Å²) in [7, 11) is 0. The summed E-state index contributed by atoms with van der Waals surface area (Å²) in [6.07, 6.45) is 6.48. The summed E-state index contributed by atoms with van der Waals surface area (Å²) in [5.74, 6) is 0. The molecule has 8 heavy (non-hydrogen) atoms. The number of hydrogen-bond acceptors (Lipinski definition) is 1. The van der Waals surface area contributed by atoms with Crippen molar-refractivity contribution in [3.8, 4) is 0 Å². The molecule has 1 atom stereocenters. The molecule has 1 N–H and O–H groups in total. The van der Waals surface area contributed by atoms with Gasteiger partial charge in [-0.1, -0.05) is 12.8 Å². The minimum Gasteiger partial charge on any atom is -0.393 e. The predicted octanol–water partition coefficient (Wildman–Crippen LogP) is 1.12. The van der Waals surface area contributed by atoms with Crippen LogP contribution in [0.4, 0.5) is 0 Å². The average molecular weight is 147 g/mol. The Morgan fingerprint density at radius 3 is 2.38 bits per heavy atom. The van der Waals surface area contributed by atoms with Gasteiger partial charge in [0.25, 0.3) is 0 Å². The summed E-state index contributed by atoms with van der Waals surface area (Å²) in [5.41, 5.74) is 0. The van der Waals surface area contributed by atoms with Gasteiger partial charge >= 0.3 is 0 Å². The van der Waals surface area contributed by atoms with Gasteiger partial charge in [-0.3, -0.25) is 0 Å². The Balaban J connectivity index is 0.000000490. The van der Waals surface area contributed by atoms with Crippen molar-refractivity contribution in [1.29, 1.82) is 0 Å². The van der Waals surface area contributed by atoms with Crippen LogP contribution in [0.2, 0.25) is 0 Å². The maximum absolute atomic E-state index is 8.85. The summed E-state index contributed by atoms with van der Waals surface area (Å²) < 4.78 is 0. The molecule has 1 saturated carbocycles. The SMILES string of the molecule is OC1[CH]CCCC1.[Ti].